The zero-order chi connectivity index (χ0) is 10.6. The van der Waals surface area contributed by atoms with Gasteiger partial charge in [-0.3, -0.25) is 0 Å². The molecule has 0 radical (unpaired) electrons. The van der Waals surface area contributed by atoms with E-state index in [0.717, 1.165) is 12.8 Å². The van der Waals surface area contributed by atoms with E-state index in [-0.39, 0.29) is 5.75 Å². The highest BCUT2D eigenvalue weighted by Crippen LogP contribution is 2.20. The topological polar surface area (TPSA) is 32.3 Å². The van der Waals surface area contributed by atoms with Crippen molar-refractivity contribution in [1.29, 1.82) is 0 Å². The van der Waals surface area contributed by atoms with E-state index in [1.165, 1.54) is 12.1 Å². The molecule has 2 nitrogen and oxygen atoms in total. The van der Waals surface area contributed by atoms with Crippen LogP contribution in [-0.4, -0.2) is 11.1 Å². The zero-order valence-corrected chi connectivity index (χ0v) is 8.55. The molecule has 0 aliphatic rings. The minimum atomic E-state index is -0.585. The Morgan fingerprint density at radius 1 is 1.50 bits per heavy atom. The molecule has 0 bridgehead atoms. The molecule has 14 heavy (non-hydrogen) atoms. The first kappa shape index (κ1) is 10.8. The van der Waals surface area contributed by atoms with E-state index in [0.29, 0.717) is 11.7 Å². The predicted octanol–water partition coefficient (Wildman–Crippen LogP) is 3.13. The minimum absolute atomic E-state index is 0.307. The van der Waals surface area contributed by atoms with Gasteiger partial charge in [-0.2, -0.15) is 0 Å². The molecular formula is C11H16FNO. The van der Waals surface area contributed by atoms with E-state index in [2.05, 4.69) is 12.2 Å². The highest BCUT2D eigenvalue weighted by Gasteiger charge is 2.04. The van der Waals surface area contributed by atoms with Gasteiger partial charge in [-0.05, 0) is 25.5 Å². The fraction of sp³-hybridized carbons (Fsp3) is 0.455. The maximum atomic E-state index is 12.9. The van der Waals surface area contributed by atoms with Crippen molar-refractivity contribution in [2.45, 2.75) is 32.7 Å². The second-order valence-corrected chi connectivity index (χ2v) is 3.50. The maximum Gasteiger partial charge on any atom is 0.166 e. The third kappa shape index (κ3) is 2.91. The summed E-state index contributed by atoms with van der Waals surface area (Å²) in [4.78, 5) is 0. The molecule has 78 valence electrons. The van der Waals surface area contributed by atoms with Crippen LogP contribution in [0.25, 0.3) is 0 Å². The van der Waals surface area contributed by atoms with Crippen LogP contribution < -0.4 is 5.32 Å². The number of benzene rings is 1. The number of phenols is 1. The van der Waals surface area contributed by atoms with Crippen LogP contribution in [0.15, 0.2) is 18.2 Å². The fourth-order valence-electron chi connectivity index (χ4n) is 1.39. The van der Waals surface area contributed by atoms with Gasteiger partial charge in [-0.1, -0.05) is 13.3 Å². The lowest BCUT2D eigenvalue weighted by Crippen LogP contribution is -2.14. The highest BCUT2D eigenvalue weighted by molar-refractivity contribution is 5.47. The van der Waals surface area contributed by atoms with E-state index >= 15 is 0 Å². The van der Waals surface area contributed by atoms with Crippen molar-refractivity contribution in [3.8, 4) is 5.75 Å². The third-order valence-corrected chi connectivity index (χ3v) is 2.08. The summed E-state index contributed by atoms with van der Waals surface area (Å²) in [6.45, 7) is 4.16. The van der Waals surface area contributed by atoms with Gasteiger partial charge in [0.1, 0.15) is 0 Å². The van der Waals surface area contributed by atoms with Crippen molar-refractivity contribution in [3.05, 3.63) is 24.0 Å². The molecule has 3 heteroatoms. The Morgan fingerprint density at radius 3 is 2.79 bits per heavy atom. The second-order valence-electron chi connectivity index (χ2n) is 3.50. The standard InChI is InChI=1S/C11H16FNO/c1-3-4-8(2)13-9-5-6-11(14)10(12)7-9/h5-8,13-14H,3-4H2,1-2H3. The molecular weight excluding hydrogens is 181 g/mol. The van der Waals surface area contributed by atoms with Gasteiger partial charge in [-0.15, -0.1) is 0 Å². The number of phenolic OH excluding ortho intramolecular Hbond substituents is 1. The van der Waals surface area contributed by atoms with Crippen molar-refractivity contribution in [2.75, 3.05) is 5.32 Å². The third-order valence-electron chi connectivity index (χ3n) is 2.08. The second kappa shape index (κ2) is 4.84. The molecule has 0 aromatic heterocycles. The Hall–Kier alpha value is -1.25. The van der Waals surface area contributed by atoms with Gasteiger partial charge in [0.2, 0.25) is 0 Å². The lowest BCUT2D eigenvalue weighted by Gasteiger charge is -2.14. The summed E-state index contributed by atoms with van der Waals surface area (Å²) in [5.41, 5.74) is 0.709. The lowest BCUT2D eigenvalue weighted by atomic mass is 10.2. The van der Waals surface area contributed by atoms with Gasteiger partial charge in [0.25, 0.3) is 0 Å². The normalized spacial score (nSPS) is 12.5. The predicted molar refractivity (Wildman–Crippen MR) is 56.1 cm³/mol. The summed E-state index contributed by atoms with van der Waals surface area (Å²) < 4.78 is 12.9. The number of aromatic hydroxyl groups is 1. The fourth-order valence-corrected chi connectivity index (χ4v) is 1.39. The van der Waals surface area contributed by atoms with Crippen LogP contribution >= 0.6 is 0 Å². The van der Waals surface area contributed by atoms with E-state index < -0.39 is 5.82 Å². The zero-order valence-electron chi connectivity index (χ0n) is 8.55. The molecule has 1 rings (SSSR count). The van der Waals surface area contributed by atoms with Crippen LogP contribution in [0.3, 0.4) is 0 Å². The van der Waals surface area contributed by atoms with Crippen molar-refractivity contribution < 1.29 is 9.50 Å². The number of hydrogen-bond acceptors (Lipinski definition) is 2. The number of halogens is 1. The molecule has 0 aliphatic heterocycles. The summed E-state index contributed by atoms with van der Waals surface area (Å²) in [6, 6.07) is 4.66. The first-order valence-electron chi connectivity index (χ1n) is 4.88. The van der Waals surface area contributed by atoms with Crippen LogP contribution in [-0.2, 0) is 0 Å². The first-order chi connectivity index (χ1) is 6.63. The average molecular weight is 197 g/mol. The van der Waals surface area contributed by atoms with Gasteiger partial charge in [0.05, 0.1) is 0 Å². The van der Waals surface area contributed by atoms with Crippen molar-refractivity contribution in [3.63, 3.8) is 0 Å². The Balaban J connectivity index is 2.63. The van der Waals surface area contributed by atoms with E-state index in [9.17, 15) is 4.39 Å². The number of hydrogen-bond donors (Lipinski definition) is 2. The minimum Gasteiger partial charge on any atom is -0.505 e. The molecule has 2 N–H and O–H groups in total. The molecule has 0 aliphatic carbocycles. The first-order valence-corrected chi connectivity index (χ1v) is 4.88. The summed E-state index contributed by atoms with van der Waals surface area (Å²) in [6.07, 6.45) is 2.14. The monoisotopic (exact) mass is 197 g/mol. The molecule has 1 atom stereocenters. The highest BCUT2D eigenvalue weighted by atomic mass is 19.1. The largest absolute Gasteiger partial charge is 0.505 e. The molecule has 0 saturated heterocycles. The quantitative estimate of drug-likeness (QED) is 0.727. The summed E-state index contributed by atoms with van der Waals surface area (Å²) in [5.74, 6) is -0.891. The summed E-state index contributed by atoms with van der Waals surface area (Å²) >= 11 is 0. The van der Waals surface area contributed by atoms with Crippen LogP contribution in [0, 0.1) is 5.82 Å². The Bertz CT molecular complexity index is 301. The number of anilines is 1. The van der Waals surface area contributed by atoms with Crippen molar-refractivity contribution in [1.82, 2.24) is 0 Å². The maximum absolute atomic E-state index is 12.9. The SMILES string of the molecule is CCCC(C)Nc1ccc(O)c(F)c1. The number of rotatable bonds is 4. The molecule has 0 amide bonds. The van der Waals surface area contributed by atoms with E-state index in [1.54, 1.807) is 6.07 Å². The Morgan fingerprint density at radius 2 is 2.21 bits per heavy atom. The van der Waals surface area contributed by atoms with E-state index in [1.807, 2.05) is 6.92 Å². The summed E-state index contributed by atoms with van der Waals surface area (Å²) in [7, 11) is 0. The molecule has 0 fully saturated rings. The lowest BCUT2D eigenvalue weighted by molar-refractivity contribution is 0.432. The van der Waals surface area contributed by atoms with E-state index in [4.69, 9.17) is 5.11 Å². The molecule has 1 aromatic carbocycles. The smallest absolute Gasteiger partial charge is 0.166 e. The molecule has 0 saturated carbocycles. The van der Waals surface area contributed by atoms with Crippen molar-refractivity contribution >= 4 is 5.69 Å². The summed E-state index contributed by atoms with van der Waals surface area (Å²) in [5, 5.41) is 12.1. The number of nitrogens with one attached hydrogen (secondary N) is 1. The van der Waals surface area contributed by atoms with Gasteiger partial charge in [0, 0.05) is 17.8 Å². The van der Waals surface area contributed by atoms with Crippen LogP contribution in [0.4, 0.5) is 10.1 Å². The Labute approximate surface area is 83.8 Å². The Kier molecular flexibility index (Phi) is 3.74. The molecule has 0 spiro atoms. The van der Waals surface area contributed by atoms with Crippen LogP contribution in [0.2, 0.25) is 0 Å². The van der Waals surface area contributed by atoms with Gasteiger partial charge in [0.15, 0.2) is 11.6 Å². The van der Waals surface area contributed by atoms with Gasteiger partial charge in [-0.25, -0.2) is 4.39 Å². The molecule has 1 unspecified atom stereocenters. The molecule has 0 heterocycles. The van der Waals surface area contributed by atoms with Crippen molar-refractivity contribution in [2.24, 2.45) is 0 Å². The van der Waals surface area contributed by atoms with Crippen LogP contribution in [0.1, 0.15) is 26.7 Å². The van der Waals surface area contributed by atoms with Gasteiger partial charge >= 0.3 is 0 Å². The van der Waals surface area contributed by atoms with Gasteiger partial charge < -0.3 is 10.4 Å². The average Bonchev–Trinajstić information content (AvgIpc) is 2.12. The molecule has 1 aromatic rings. The van der Waals surface area contributed by atoms with Crippen LogP contribution in [0.5, 0.6) is 5.75 Å².